The molecule has 0 aromatic rings. The van der Waals surface area contributed by atoms with Gasteiger partial charge in [-0.05, 0) is 25.7 Å². The second-order valence-corrected chi connectivity index (χ2v) is 6.92. The van der Waals surface area contributed by atoms with Crippen molar-refractivity contribution in [2.24, 2.45) is 0 Å². The van der Waals surface area contributed by atoms with Gasteiger partial charge in [-0.15, -0.1) is 0 Å². The molecule has 0 N–H and O–H groups in total. The van der Waals surface area contributed by atoms with Gasteiger partial charge in [-0.3, -0.25) is 4.42 Å². The second kappa shape index (κ2) is 10.1. The van der Waals surface area contributed by atoms with E-state index in [4.69, 9.17) is 35.0 Å². The minimum absolute atomic E-state index is 0.155. The van der Waals surface area contributed by atoms with Crippen LogP contribution in [0.4, 0.5) is 0 Å². The molecule has 0 amide bonds. The Morgan fingerprint density at radius 3 is 1.62 bits per heavy atom. The fourth-order valence-electron chi connectivity index (χ4n) is 2.65. The van der Waals surface area contributed by atoms with Gasteiger partial charge in [-0.25, -0.2) is 0 Å². The van der Waals surface area contributed by atoms with Crippen molar-refractivity contribution in [2.45, 2.75) is 78.5 Å². The molecular formula is C16H27BCl3N. The van der Waals surface area contributed by atoms with E-state index in [0.717, 1.165) is 78.9 Å². The van der Waals surface area contributed by atoms with Crippen LogP contribution in [0.25, 0.3) is 0 Å². The van der Waals surface area contributed by atoms with Gasteiger partial charge in [0.15, 0.2) is 0 Å². The summed E-state index contributed by atoms with van der Waals surface area (Å²) in [5.41, 5.74) is 2.13. The third kappa shape index (κ3) is 5.11. The van der Waals surface area contributed by atoms with Gasteiger partial charge in [0, 0.05) is 33.0 Å². The first-order chi connectivity index (χ1) is 10.1. The third-order valence-electron chi connectivity index (χ3n) is 4.02. The average molecular weight is 351 g/mol. The molecule has 0 aromatic carbocycles. The van der Waals surface area contributed by atoms with Crippen LogP contribution in [0, 0.1) is 0 Å². The van der Waals surface area contributed by atoms with E-state index in [2.05, 4.69) is 20.8 Å². The fraction of sp³-hybridized carbons (Fsp3) is 0.750. The van der Waals surface area contributed by atoms with E-state index in [1.54, 1.807) is 4.42 Å². The van der Waals surface area contributed by atoms with Crippen LogP contribution in [0.5, 0.6) is 0 Å². The Bertz CT molecular complexity index is 361. The highest BCUT2D eigenvalue weighted by Gasteiger charge is 2.34. The van der Waals surface area contributed by atoms with Gasteiger partial charge in [0.25, 0.3) is 0 Å². The van der Waals surface area contributed by atoms with Crippen molar-refractivity contribution in [2.75, 3.05) is 0 Å². The van der Waals surface area contributed by atoms with Gasteiger partial charge in [0.05, 0.1) is 0 Å². The largest absolute Gasteiger partial charge is 0.261 e. The molecule has 0 radical (unpaired) electrons. The molecule has 0 aromatic heterocycles. The first-order valence-electron chi connectivity index (χ1n) is 8.31. The molecule has 5 heteroatoms. The quantitative estimate of drug-likeness (QED) is 0.316. The number of hydrogen-bond acceptors (Lipinski definition) is 1. The van der Waals surface area contributed by atoms with Crippen molar-refractivity contribution in [3.63, 3.8) is 0 Å². The Hall–Kier alpha value is 0.215. The lowest BCUT2D eigenvalue weighted by Crippen LogP contribution is -2.29. The van der Waals surface area contributed by atoms with E-state index in [1.165, 1.54) is 0 Å². The molecule has 0 saturated carbocycles. The maximum atomic E-state index is 6.64. The first kappa shape index (κ1) is 19.3. The molecule has 21 heavy (non-hydrogen) atoms. The number of hydrogen-bond donors (Lipinski definition) is 0. The van der Waals surface area contributed by atoms with Gasteiger partial charge in [0.1, 0.15) is 0 Å². The number of unbranched alkanes of at least 4 members (excludes halogenated alkanes) is 3. The van der Waals surface area contributed by atoms with Crippen molar-refractivity contribution in [1.29, 1.82) is 0 Å². The van der Waals surface area contributed by atoms with E-state index in [9.17, 15) is 0 Å². The van der Waals surface area contributed by atoms with E-state index in [-0.39, 0.29) is 6.71 Å². The summed E-state index contributed by atoms with van der Waals surface area (Å²) in [5, 5.41) is 0. The molecule has 1 nitrogen and oxygen atoms in total. The van der Waals surface area contributed by atoms with Crippen LogP contribution in [-0.2, 0) is 0 Å². The molecule has 0 aliphatic carbocycles. The van der Waals surface area contributed by atoms with E-state index >= 15 is 0 Å². The summed E-state index contributed by atoms with van der Waals surface area (Å²) in [7, 11) is 0. The topological polar surface area (TPSA) is 3.24 Å². The normalized spacial score (nSPS) is 16.3. The Morgan fingerprint density at radius 2 is 1.24 bits per heavy atom. The van der Waals surface area contributed by atoms with Crippen LogP contribution in [0.2, 0.25) is 6.32 Å². The van der Waals surface area contributed by atoms with Crippen molar-refractivity contribution in [3.05, 3.63) is 21.3 Å². The summed E-state index contributed by atoms with van der Waals surface area (Å²) in [6.45, 7) is 6.72. The van der Waals surface area contributed by atoms with E-state index < -0.39 is 0 Å². The lowest BCUT2D eigenvalue weighted by molar-refractivity contribution is 0.566. The molecule has 120 valence electrons. The maximum Gasteiger partial charge on any atom is 0.243 e. The average Bonchev–Trinajstić information content (AvgIpc) is 2.47. The zero-order valence-electron chi connectivity index (χ0n) is 13.5. The molecule has 0 bridgehead atoms. The maximum absolute atomic E-state index is 6.64. The lowest BCUT2D eigenvalue weighted by atomic mass is 9.44. The monoisotopic (exact) mass is 349 g/mol. The molecule has 1 heterocycles. The summed E-state index contributed by atoms with van der Waals surface area (Å²) in [4.78, 5) is 1.72. The fourth-order valence-corrected chi connectivity index (χ4v) is 3.94. The van der Waals surface area contributed by atoms with Crippen LogP contribution >= 0.6 is 35.0 Å². The van der Waals surface area contributed by atoms with Crippen molar-refractivity contribution in [1.82, 2.24) is 4.42 Å². The molecule has 1 rings (SSSR count). The summed E-state index contributed by atoms with van der Waals surface area (Å²) in [5.74, 6) is 0. The number of rotatable bonds is 9. The predicted molar refractivity (Wildman–Crippen MR) is 98.0 cm³/mol. The van der Waals surface area contributed by atoms with Crippen LogP contribution in [0.1, 0.15) is 72.1 Å². The van der Waals surface area contributed by atoms with Crippen LogP contribution in [0.3, 0.4) is 0 Å². The minimum atomic E-state index is 0.155. The Morgan fingerprint density at radius 1 is 0.810 bits per heavy atom. The first-order valence-corrected chi connectivity index (χ1v) is 9.40. The van der Waals surface area contributed by atoms with Crippen LogP contribution in [0.15, 0.2) is 21.3 Å². The zero-order valence-corrected chi connectivity index (χ0v) is 15.8. The predicted octanol–water partition coefficient (Wildman–Crippen LogP) is 7.11. The molecule has 0 saturated heterocycles. The highest BCUT2D eigenvalue weighted by molar-refractivity contribution is 6.90. The minimum Gasteiger partial charge on any atom is -0.261 e. The number of allylic oxidation sites excluding steroid dienone is 2. The van der Waals surface area contributed by atoms with E-state index in [1.807, 2.05) is 0 Å². The van der Waals surface area contributed by atoms with Gasteiger partial charge < -0.3 is 0 Å². The van der Waals surface area contributed by atoms with Crippen LogP contribution in [-0.4, -0.2) is 11.1 Å². The third-order valence-corrected chi connectivity index (χ3v) is 5.39. The smallest absolute Gasteiger partial charge is 0.243 e. The Kier molecular flexibility index (Phi) is 9.24. The second-order valence-electron chi connectivity index (χ2n) is 5.77. The highest BCUT2D eigenvalue weighted by Crippen LogP contribution is 2.41. The number of nitrogens with zero attached hydrogens (tertiary/aromatic N) is 1. The van der Waals surface area contributed by atoms with Gasteiger partial charge in [-0.2, -0.15) is 0 Å². The summed E-state index contributed by atoms with van der Waals surface area (Å²) < 4.78 is 1.75. The van der Waals surface area contributed by atoms with Crippen molar-refractivity contribution < 1.29 is 0 Å². The molecule has 0 spiro atoms. The van der Waals surface area contributed by atoms with Gasteiger partial charge in [0.2, 0.25) is 6.71 Å². The molecule has 1 aliphatic heterocycles. The van der Waals surface area contributed by atoms with Crippen LogP contribution < -0.4 is 0 Å². The van der Waals surface area contributed by atoms with Gasteiger partial charge >= 0.3 is 0 Å². The summed E-state index contributed by atoms with van der Waals surface area (Å²) >= 11 is 19.8. The standard InChI is InChI=1S/C16H27BCl3N/c1-4-7-10-13-15(18)17(12-9-6-3)16(19)14(21(13)20)11-8-5-2/h4-12H2,1-3H3. The van der Waals surface area contributed by atoms with Crippen molar-refractivity contribution in [3.8, 4) is 0 Å². The SMILES string of the molecule is CCCCB1C(Cl)=C(CCCC)N(Cl)C(CCCC)=C1Cl. The Balaban J connectivity index is 3.03. The molecular weight excluding hydrogens is 323 g/mol. The van der Waals surface area contributed by atoms with Gasteiger partial charge in [-0.1, -0.05) is 76.0 Å². The van der Waals surface area contributed by atoms with Crippen molar-refractivity contribution >= 4 is 41.7 Å². The zero-order chi connectivity index (χ0) is 15.8. The molecule has 0 unspecified atom stereocenters. The summed E-state index contributed by atoms with van der Waals surface area (Å²) in [6.07, 6.45) is 9.67. The highest BCUT2D eigenvalue weighted by atomic mass is 35.5. The molecule has 0 atom stereocenters. The Labute approximate surface area is 145 Å². The number of halogens is 3. The lowest BCUT2D eigenvalue weighted by Gasteiger charge is -2.32. The molecule has 1 aliphatic rings. The van der Waals surface area contributed by atoms with E-state index in [0.29, 0.717) is 0 Å². The summed E-state index contributed by atoms with van der Waals surface area (Å²) in [6, 6.07) is 0. The molecule has 0 fully saturated rings.